The van der Waals surface area contributed by atoms with E-state index in [1.165, 1.54) is 97.1 Å². The highest BCUT2D eigenvalue weighted by molar-refractivity contribution is 4.78. The van der Waals surface area contributed by atoms with E-state index in [1.807, 2.05) is 0 Å². The fraction of sp³-hybridized carbons (Fsp3) is 1.00. The van der Waals surface area contributed by atoms with Crippen LogP contribution in [0.5, 0.6) is 0 Å². The number of hydrogen-bond acceptors (Lipinski definition) is 3. The zero-order valence-electron chi connectivity index (χ0n) is 18.2. The minimum Gasteiger partial charge on any atom is -0.375 e. The number of rotatable bonds is 11. The lowest BCUT2D eigenvalue weighted by molar-refractivity contribution is -0.0666. The Hall–Kier alpha value is -0.120. The molecule has 1 unspecified atom stereocenters. The van der Waals surface area contributed by atoms with E-state index in [0.29, 0.717) is 12.2 Å². The van der Waals surface area contributed by atoms with Gasteiger partial charge in [-0.05, 0) is 43.9 Å². The average molecular weight is 367 g/mol. The number of nitrogens with zero attached hydrogens (tertiary/aromatic N) is 2. The number of likely N-dealkylation sites (tertiary alicyclic amines) is 2. The molecule has 1 atom stereocenters. The van der Waals surface area contributed by atoms with Gasteiger partial charge in [0.15, 0.2) is 0 Å². The number of piperidine rings is 2. The van der Waals surface area contributed by atoms with Gasteiger partial charge >= 0.3 is 0 Å². The summed E-state index contributed by atoms with van der Waals surface area (Å²) in [7, 11) is 0. The summed E-state index contributed by atoms with van der Waals surface area (Å²) in [6.07, 6.45) is 13.0. The van der Waals surface area contributed by atoms with Crippen molar-refractivity contribution in [3.8, 4) is 0 Å². The molecule has 154 valence electrons. The van der Waals surface area contributed by atoms with E-state index in [-0.39, 0.29) is 0 Å². The van der Waals surface area contributed by atoms with Crippen LogP contribution in [0.25, 0.3) is 0 Å². The molecule has 26 heavy (non-hydrogen) atoms. The van der Waals surface area contributed by atoms with Gasteiger partial charge in [0.05, 0.1) is 12.2 Å². The summed E-state index contributed by atoms with van der Waals surface area (Å²) in [5.41, 5.74) is 0. The predicted molar refractivity (Wildman–Crippen MR) is 113 cm³/mol. The normalized spacial score (nSPS) is 23.0. The molecule has 0 aromatic carbocycles. The van der Waals surface area contributed by atoms with Crippen LogP contribution < -0.4 is 0 Å². The van der Waals surface area contributed by atoms with Crippen LogP contribution in [0, 0.1) is 11.8 Å². The summed E-state index contributed by atoms with van der Waals surface area (Å²) in [5.74, 6) is 1.64. The van der Waals surface area contributed by atoms with Crippen molar-refractivity contribution < 1.29 is 4.74 Å². The average Bonchev–Trinajstić information content (AvgIpc) is 2.62. The van der Waals surface area contributed by atoms with Crippen molar-refractivity contribution >= 4 is 0 Å². The lowest BCUT2D eigenvalue weighted by atomic mass is 10.00. The molecule has 0 aromatic rings. The smallest absolute Gasteiger partial charge is 0.0603 e. The fourth-order valence-corrected chi connectivity index (χ4v) is 4.70. The van der Waals surface area contributed by atoms with Crippen molar-refractivity contribution in [3.05, 3.63) is 0 Å². The molecule has 0 aromatic heterocycles. The SMILES string of the molecule is CCCCCCC(C)CN1CCC(OC2CCN(CC(C)C)CC2)CC1. The summed E-state index contributed by atoms with van der Waals surface area (Å²) < 4.78 is 6.48. The standard InChI is InChI=1S/C23H46N2O/c1-5-6-7-8-9-21(4)19-25-16-12-23(13-17-25)26-22-10-14-24(15-11-22)18-20(2)3/h20-23H,5-19H2,1-4H3. The molecule has 0 bridgehead atoms. The second-order valence-electron chi connectivity index (χ2n) is 9.48. The molecule has 2 aliphatic rings. The monoisotopic (exact) mass is 366 g/mol. The molecule has 3 heteroatoms. The van der Waals surface area contributed by atoms with Gasteiger partial charge in [-0.15, -0.1) is 0 Å². The van der Waals surface area contributed by atoms with E-state index in [2.05, 4.69) is 37.5 Å². The van der Waals surface area contributed by atoms with Gasteiger partial charge in [-0.2, -0.15) is 0 Å². The molecule has 2 heterocycles. The minimum absolute atomic E-state index is 0.521. The first-order chi connectivity index (χ1) is 12.6. The zero-order valence-corrected chi connectivity index (χ0v) is 18.2. The summed E-state index contributed by atoms with van der Waals surface area (Å²) >= 11 is 0. The third-order valence-electron chi connectivity index (χ3n) is 6.20. The minimum atomic E-state index is 0.521. The van der Waals surface area contributed by atoms with Crippen LogP contribution in [0.3, 0.4) is 0 Å². The molecular weight excluding hydrogens is 320 g/mol. The van der Waals surface area contributed by atoms with E-state index >= 15 is 0 Å². The van der Waals surface area contributed by atoms with Crippen LogP contribution in [0.2, 0.25) is 0 Å². The van der Waals surface area contributed by atoms with E-state index in [1.54, 1.807) is 0 Å². The Morgan fingerprint density at radius 1 is 0.769 bits per heavy atom. The molecule has 2 aliphatic heterocycles. The van der Waals surface area contributed by atoms with Crippen molar-refractivity contribution in [2.45, 2.75) is 97.7 Å². The maximum absolute atomic E-state index is 6.48. The Labute approximate surface area is 163 Å². The Morgan fingerprint density at radius 2 is 1.31 bits per heavy atom. The maximum Gasteiger partial charge on any atom is 0.0603 e. The highest BCUT2D eigenvalue weighted by Gasteiger charge is 2.26. The van der Waals surface area contributed by atoms with Crippen LogP contribution in [0.1, 0.15) is 85.5 Å². The van der Waals surface area contributed by atoms with Gasteiger partial charge < -0.3 is 14.5 Å². The van der Waals surface area contributed by atoms with Crippen molar-refractivity contribution in [2.75, 3.05) is 39.3 Å². The number of hydrogen-bond donors (Lipinski definition) is 0. The first-order valence-electron chi connectivity index (χ1n) is 11.7. The Kier molecular flexibility index (Phi) is 10.5. The fourth-order valence-electron chi connectivity index (χ4n) is 4.70. The van der Waals surface area contributed by atoms with Gasteiger partial charge in [0.1, 0.15) is 0 Å². The molecule has 2 fully saturated rings. The summed E-state index contributed by atoms with van der Waals surface area (Å²) in [6, 6.07) is 0. The third-order valence-corrected chi connectivity index (χ3v) is 6.20. The lowest BCUT2D eigenvalue weighted by Crippen LogP contribution is -2.43. The van der Waals surface area contributed by atoms with Gasteiger partial charge in [0, 0.05) is 39.3 Å². The van der Waals surface area contributed by atoms with Crippen LogP contribution in [-0.2, 0) is 4.74 Å². The van der Waals surface area contributed by atoms with E-state index in [4.69, 9.17) is 4.74 Å². The lowest BCUT2D eigenvalue weighted by Gasteiger charge is -2.38. The quantitative estimate of drug-likeness (QED) is 0.468. The summed E-state index contributed by atoms with van der Waals surface area (Å²) in [4.78, 5) is 5.31. The van der Waals surface area contributed by atoms with E-state index in [9.17, 15) is 0 Å². The van der Waals surface area contributed by atoms with Crippen LogP contribution in [-0.4, -0.2) is 61.3 Å². The summed E-state index contributed by atoms with van der Waals surface area (Å²) in [6.45, 7) is 16.9. The van der Waals surface area contributed by atoms with Crippen LogP contribution in [0.4, 0.5) is 0 Å². The third kappa shape index (κ3) is 8.71. The van der Waals surface area contributed by atoms with Crippen LogP contribution in [0.15, 0.2) is 0 Å². The summed E-state index contributed by atoms with van der Waals surface area (Å²) in [5, 5.41) is 0. The predicted octanol–water partition coefficient (Wildman–Crippen LogP) is 5.19. The van der Waals surface area contributed by atoms with Crippen molar-refractivity contribution in [2.24, 2.45) is 11.8 Å². The molecule has 0 N–H and O–H groups in total. The van der Waals surface area contributed by atoms with E-state index in [0.717, 1.165) is 11.8 Å². The zero-order chi connectivity index (χ0) is 18.8. The molecule has 0 amide bonds. The molecule has 0 saturated carbocycles. The van der Waals surface area contributed by atoms with Gasteiger partial charge in [-0.1, -0.05) is 53.4 Å². The highest BCUT2D eigenvalue weighted by atomic mass is 16.5. The number of unbranched alkanes of at least 4 members (excludes halogenated alkanes) is 3. The second kappa shape index (κ2) is 12.4. The number of ether oxygens (including phenoxy) is 1. The molecule has 0 aliphatic carbocycles. The van der Waals surface area contributed by atoms with E-state index < -0.39 is 0 Å². The van der Waals surface area contributed by atoms with Crippen molar-refractivity contribution in [1.29, 1.82) is 0 Å². The molecule has 3 nitrogen and oxygen atoms in total. The topological polar surface area (TPSA) is 15.7 Å². The first-order valence-corrected chi connectivity index (χ1v) is 11.7. The largest absolute Gasteiger partial charge is 0.375 e. The van der Waals surface area contributed by atoms with Gasteiger partial charge in [0.25, 0.3) is 0 Å². The first kappa shape index (κ1) is 22.2. The molecule has 2 rings (SSSR count). The Balaban J connectivity index is 1.54. The van der Waals surface area contributed by atoms with Crippen molar-refractivity contribution in [3.63, 3.8) is 0 Å². The molecule has 2 saturated heterocycles. The molecule has 0 spiro atoms. The Morgan fingerprint density at radius 3 is 1.81 bits per heavy atom. The van der Waals surface area contributed by atoms with Gasteiger partial charge in [-0.3, -0.25) is 0 Å². The Bertz CT molecular complexity index is 344. The maximum atomic E-state index is 6.48. The molecule has 0 radical (unpaired) electrons. The van der Waals surface area contributed by atoms with Crippen molar-refractivity contribution in [1.82, 2.24) is 9.80 Å². The highest BCUT2D eigenvalue weighted by Crippen LogP contribution is 2.22. The molecular formula is C23H46N2O. The van der Waals surface area contributed by atoms with Crippen LogP contribution >= 0.6 is 0 Å². The van der Waals surface area contributed by atoms with Gasteiger partial charge in [0.2, 0.25) is 0 Å². The second-order valence-corrected chi connectivity index (χ2v) is 9.48. The van der Waals surface area contributed by atoms with Gasteiger partial charge in [-0.25, -0.2) is 0 Å².